The fraction of sp³-hybridized carbons (Fsp3) is 0.444. The van der Waals surface area contributed by atoms with Crippen molar-refractivity contribution < 1.29 is 18.0 Å². The van der Waals surface area contributed by atoms with Gasteiger partial charge in [0, 0.05) is 31.5 Å². The molecule has 0 aliphatic carbocycles. The van der Waals surface area contributed by atoms with Crippen molar-refractivity contribution in [3.8, 4) is 0 Å². The van der Waals surface area contributed by atoms with Crippen LogP contribution in [-0.4, -0.2) is 41.7 Å². The highest BCUT2D eigenvalue weighted by Gasteiger charge is 2.37. The third-order valence-corrected chi connectivity index (χ3v) is 5.05. The number of halogens is 3. The highest BCUT2D eigenvalue weighted by Crippen LogP contribution is 2.35. The molecule has 0 saturated carbocycles. The molecule has 10 heteroatoms. The van der Waals surface area contributed by atoms with E-state index in [0.717, 1.165) is 17.0 Å². The van der Waals surface area contributed by atoms with E-state index in [4.69, 9.17) is 0 Å². The maximum absolute atomic E-state index is 13.5. The Kier molecular flexibility index (Phi) is 4.35. The van der Waals surface area contributed by atoms with Crippen molar-refractivity contribution in [3.63, 3.8) is 0 Å². The van der Waals surface area contributed by atoms with Gasteiger partial charge < -0.3 is 4.90 Å². The molecule has 148 valence electrons. The van der Waals surface area contributed by atoms with E-state index in [9.17, 15) is 18.0 Å². The number of aromatic nitrogens is 5. The zero-order valence-corrected chi connectivity index (χ0v) is 15.4. The number of hydrogen-bond acceptors (Lipinski definition) is 4. The number of aryl methyl sites for hydroxylation is 2. The highest BCUT2D eigenvalue weighted by molar-refractivity contribution is 5.93. The molecule has 1 aliphatic rings. The number of fused-ring (bicyclic) bond motifs is 1. The monoisotopic (exact) mass is 392 g/mol. The maximum atomic E-state index is 13.5. The third-order valence-electron chi connectivity index (χ3n) is 5.05. The molecule has 4 heterocycles. The van der Waals surface area contributed by atoms with Gasteiger partial charge in [-0.25, -0.2) is 9.50 Å². The third kappa shape index (κ3) is 3.02. The van der Waals surface area contributed by atoms with Crippen molar-refractivity contribution in [2.24, 2.45) is 7.05 Å². The van der Waals surface area contributed by atoms with Crippen molar-refractivity contribution in [2.75, 3.05) is 6.54 Å². The summed E-state index contributed by atoms with van der Waals surface area (Å²) in [5.74, 6) is -0.210. The number of carbonyl (C=O) groups excluding carboxylic acids is 1. The minimum Gasteiger partial charge on any atom is -0.329 e. The molecule has 3 aromatic heterocycles. The zero-order valence-electron chi connectivity index (χ0n) is 15.4. The largest absolute Gasteiger partial charge is 0.433 e. The van der Waals surface area contributed by atoms with Crippen LogP contribution in [0.3, 0.4) is 0 Å². The molecule has 7 nitrogen and oxygen atoms in total. The van der Waals surface area contributed by atoms with E-state index < -0.39 is 17.9 Å². The van der Waals surface area contributed by atoms with Gasteiger partial charge >= 0.3 is 6.18 Å². The fourth-order valence-corrected chi connectivity index (χ4v) is 3.64. The SMILES string of the molecule is CCc1cc(C(F)(F)F)n2nc(C3CCCN3C(=O)c3ccnn3C)cc2n1. The summed E-state index contributed by atoms with van der Waals surface area (Å²) >= 11 is 0. The van der Waals surface area contributed by atoms with Gasteiger partial charge in [0.25, 0.3) is 5.91 Å². The minimum atomic E-state index is -4.55. The van der Waals surface area contributed by atoms with E-state index in [0.29, 0.717) is 36.5 Å². The Hall–Kier alpha value is -2.91. The first kappa shape index (κ1) is 18.5. The Morgan fingerprint density at radius 1 is 1.32 bits per heavy atom. The summed E-state index contributed by atoms with van der Waals surface area (Å²) in [4.78, 5) is 18.8. The molecule has 28 heavy (non-hydrogen) atoms. The summed E-state index contributed by atoms with van der Waals surface area (Å²) in [6.07, 6.45) is -1.24. The number of amides is 1. The average molecular weight is 392 g/mol. The van der Waals surface area contributed by atoms with Crippen LogP contribution in [-0.2, 0) is 19.6 Å². The van der Waals surface area contributed by atoms with Crippen LogP contribution < -0.4 is 0 Å². The van der Waals surface area contributed by atoms with Gasteiger partial charge in [-0.2, -0.15) is 23.4 Å². The average Bonchev–Trinajstić information content (AvgIpc) is 3.37. The zero-order chi connectivity index (χ0) is 20.1. The van der Waals surface area contributed by atoms with Crippen LogP contribution in [0.25, 0.3) is 5.65 Å². The van der Waals surface area contributed by atoms with Crippen molar-refractivity contribution in [1.82, 2.24) is 29.3 Å². The first-order chi connectivity index (χ1) is 13.3. The van der Waals surface area contributed by atoms with Crippen LogP contribution >= 0.6 is 0 Å². The molecule has 0 aromatic carbocycles. The van der Waals surface area contributed by atoms with Crippen molar-refractivity contribution in [2.45, 2.75) is 38.4 Å². The number of carbonyl (C=O) groups is 1. The van der Waals surface area contributed by atoms with E-state index in [1.165, 1.54) is 10.9 Å². The van der Waals surface area contributed by atoms with Gasteiger partial charge in [0.15, 0.2) is 5.65 Å². The molecular weight excluding hydrogens is 373 g/mol. The fourth-order valence-electron chi connectivity index (χ4n) is 3.64. The molecule has 1 atom stereocenters. The van der Waals surface area contributed by atoms with Gasteiger partial charge in [-0.3, -0.25) is 9.48 Å². The molecule has 3 aromatic rings. The molecule has 0 radical (unpaired) electrons. The molecule has 4 rings (SSSR count). The molecule has 1 amide bonds. The topological polar surface area (TPSA) is 68.3 Å². The molecule has 0 N–H and O–H groups in total. The number of likely N-dealkylation sites (tertiary alicyclic amines) is 1. The highest BCUT2D eigenvalue weighted by atomic mass is 19.4. The standard InChI is InChI=1S/C18H19F3N6O/c1-3-11-9-15(18(19,20)21)27-16(23-11)10-12(24-27)13-5-4-8-26(13)17(28)14-6-7-22-25(14)2/h6-7,9-10,13H,3-5,8H2,1-2H3. The summed E-state index contributed by atoms with van der Waals surface area (Å²) in [5.41, 5.74) is 0.474. The molecule has 1 fully saturated rings. The Balaban J connectivity index is 1.76. The number of hydrogen-bond donors (Lipinski definition) is 0. The molecule has 1 saturated heterocycles. The van der Waals surface area contributed by atoms with Crippen LogP contribution in [0, 0.1) is 0 Å². The van der Waals surface area contributed by atoms with Crippen LogP contribution in [0.15, 0.2) is 24.4 Å². The van der Waals surface area contributed by atoms with E-state index in [1.54, 1.807) is 31.0 Å². The quantitative estimate of drug-likeness (QED) is 0.687. The lowest BCUT2D eigenvalue weighted by Gasteiger charge is -2.23. The Labute approximate surface area is 158 Å². The van der Waals surface area contributed by atoms with Gasteiger partial charge in [0.05, 0.1) is 11.7 Å². The number of rotatable bonds is 3. The Bertz CT molecular complexity index is 1040. The van der Waals surface area contributed by atoms with Crippen LogP contribution in [0.1, 0.15) is 53.4 Å². The molecule has 1 unspecified atom stereocenters. The van der Waals surface area contributed by atoms with Gasteiger partial charge in [-0.05, 0) is 31.4 Å². The van der Waals surface area contributed by atoms with E-state index in [-0.39, 0.29) is 11.6 Å². The second-order valence-electron chi connectivity index (χ2n) is 6.82. The van der Waals surface area contributed by atoms with E-state index >= 15 is 0 Å². The lowest BCUT2D eigenvalue weighted by atomic mass is 10.1. The Morgan fingerprint density at radius 2 is 2.11 bits per heavy atom. The van der Waals surface area contributed by atoms with Crippen LogP contribution in [0.2, 0.25) is 0 Å². The van der Waals surface area contributed by atoms with Gasteiger partial charge in [-0.15, -0.1) is 0 Å². The first-order valence-corrected chi connectivity index (χ1v) is 9.05. The lowest BCUT2D eigenvalue weighted by molar-refractivity contribution is -0.142. The first-order valence-electron chi connectivity index (χ1n) is 9.05. The van der Waals surface area contributed by atoms with Gasteiger partial charge in [0.2, 0.25) is 0 Å². The molecule has 0 spiro atoms. The lowest BCUT2D eigenvalue weighted by Crippen LogP contribution is -2.32. The minimum absolute atomic E-state index is 0.140. The summed E-state index contributed by atoms with van der Waals surface area (Å²) in [5, 5.41) is 8.20. The van der Waals surface area contributed by atoms with E-state index in [1.807, 2.05) is 0 Å². The summed E-state index contributed by atoms with van der Waals surface area (Å²) in [7, 11) is 1.68. The van der Waals surface area contributed by atoms with Gasteiger partial charge in [0.1, 0.15) is 11.4 Å². The molecule has 1 aliphatic heterocycles. The molecular formula is C18H19F3N6O. The summed E-state index contributed by atoms with van der Waals surface area (Å²) < 4.78 is 42.8. The second-order valence-corrected chi connectivity index (χ2v) is 6.82. The summed E-state index contributed by atoms with van der Waals surface area (Å²) in [6, 6.07) is 3.80. The Morgan fingerprint density at radius 3 is 2.75 bits per heavy atom. The van der Waals surface area contributed by atoms with Gasteiger partial charge in [-0.1, -0.05) is 6.92 Å². The van der Waals surface area contributed by atoms with Crippen LogP contribution in [0.4, 0.5) is 13.2 Å². The van der Waals surface area contributed by atoms with E-state index in [2.05, 4.69) is 15.2 Å². The predicted octanol–water partition coefficient (Wildman–Crippen LogP) is 3.02. The smallest absolute Gasteiger partial charge is 0.329 e. The van der Waals surface area contributed by atoms with Crippen molar-refractivity contribution >= 4 is 11.6 Å². The predicted molar refractivity (Wildman–Crippen MR) is 93.6 cm³/mol. The normalized spacial score (nSPS) is 17.6. The van der Waals surface area contributed by atoms with Crippen molar-refractivity contribution in [1.29, 1.82) is 0 Å². The second kappa shape index (κ2) is 6.61. The van der Waals surface area contributed by atoms with Crippen LogP contribution in [0.5, 0.6) is 0 Å². The molecule has 0 bridgehead atoms. The number of nitrogens with zero attached hydrogens (tertiary/aromatic N) is 6. The number of alkyl halides is 3. The summed E-state index contributed by atoms with van der Waals surface area (Å²) in [6.45, 7) is 2.27. The maximum Gasteiger partial charge on any atom is 0.433 e. The van der Waals surface area contributed by atoms with Crippen molar-refractivity contribution in [3.05, 3.63) is 47.2 Å².